The van der Waals surface area contributed by atoms with Gasteiger partial charge in [0.2, 0.25) is 11.8 Å². The van der Waals surface area contributed by atoms with Crippen LogP contribution in [0.1, 0.15) is 58.1 Å². The Labute approximate surface area is 205 Å². The Morgan fingerprint density at radius 3 is 2.54 bits per heavy atom. The van der Waals surface area contributed by atoms with Gasteiger partial charge in [0, 0.05) is 35.6 Å². The van der Waals surface area contributed by atoms with Crippen LogP contribution in [-0.2, 0) is 27.2 Å². The lowest BCUT2D eigenvalue weighted by molar-refractivity contribution is -0.126. The summed E-state index contributed by atoms with van der Waals surface area (Å²) in [6.45, 7) is 8.02. The van der Waals surface area contributed by atoms with E-state index in [0.717, 1.165) is 33.2 Å². The van der Waals surface area contributed by atoms with Gasteiger partial charge in [-0.3, -0.25) is 14.4 Å². The molecule has 35 heavy (non-hydrogen) atoms. The normalized spacial score (nSPS) is 20.2. The smallest absolute Gasteiger partial charge is 0.250 e. The zero-order valence-corrected chi connectivity index (χ0v) is 20.7. The first-order valence-electron chi connectivity index (χ1n) is 12.1. The third-order valence-electron chi connectivity index (χ3n) is 6.76. The van der Waals surface area contributed by atoms with Crippen LogP contribution in [0.25, 0.3) is 10.9 Å². The number of H-pyrrole nitrogens is 1. The third-order valence-corrected chi connectivity index (χ3v) is 6.76. The number of fused-ring (bicyclic) bond motifs is 1. The van der Waals surface area contributed by atoms with Gasteiger partial charge >= 0.3 is 0 Å². The molecule has 4 rings (SSSR count). The van der Waals surface area contributed by atoms with Gasteiger partial charge < -0.3 is 20.7 Å². The minimum Gasteiger partial charge on any atom is -0.508 e. The van der Waals surface area contributed by atoms with Gasteiger partial charge in [-0.25, -0.2) is 0 Å². The maximum absolute atomic E-state index is 13.3. The van der Waals surface area contributed by atoms with Crippen LogP contribution in [0.2, 0.25) is 0 Å². The number of ketones is 1. The molecule has 0 saturated carbocycles. The zero-order valence-electron chi connectivity index (χ0n) is 20.7. The highest BCUT2D eigenvalue weighted by Crippen LogP contribution is 2.33. The van der Waals surface area contributed by atoms with E-state index < -0.39 is 11.9 Å². The number of hydrogen-bond donors (Lipinski definition) is 4. The van der Waals surface area contributed by atoms with E-state index in [0.29, 0.717) is 31.3 Å². The number of hydrogen-bond acceptors (Lipinski definition) is 4. The molecule has 2 heterocycles. The van der Waals surface area contributed by atoms with Gasteiger partial charge in [0.25, 0.3) is 0 Å². The van der Waals surface area contributed by atoms with E-state index in [1.165, 1.54) is 0 Å². The molecule has 2 atom stereocenters. The van der Waals surface area contributed by atoms with Crippen LogP contribution in [0.5, 0.6) is 5.75 Å². The van der Waals surface area contributed by atoms with Crippen molar-refractivity contribution < 1.29 is 19.5 Å². The van der Waals surface area contributed by atoms with E-state index in [1.54, 1.807) is 6.07 Å². The third kappa shape index (κ3) is 5.09. The summed E-state index contributed by atoms with van der Waals surface area (Å²) in [6, 6.07) is 2.66. The lowest BCUT2D eigenvalue weighted by Gasteiger charge is -2.24. The fourth-order valence-electron chi connectivity index (χ4n) is 4.84. The molecular weight excluding hydrogens is 442 g/mol. The Balaban J connectivity index is 1.62. The van der Waals surface area contributed by atoms with E-state index in [-0.39, 0.29) is 35.5 Å². The summed E-state index contributed by atoms with van der Waals surface area (Å²) in [5.41, 5.74) is 5.30. The first kappa shape index (κ1) is 24.5. The number of allylic oxidation sites excluding steroid dienone is 5. The summed E-state index contributed by atoms with van der Waals surface area (Å²) >= 11 is 0. The number of amides is 2. The van der Waals surface area contributed by atoms with Crippen LogP contribution in [0.3, 0.4) is 0 Å². The predicted octanol–water partition coefficient (Wildman–Crippen LogP) is 4.13. The lowest BCUT2D eigenvalue weighted by Crippen LogP contribution is -2.45. The van der Waals surface area contributed by atoms with Gasteiger partial charge in [-0.05, 0) is 70.6 Å². The van der Waals surface area contributed by atoms with E-state index in [9.17, 15) is 19.5 Å². The first-order chi connectivity index (χ1) is 16.7. The molecule has 0 bridgehead atoms. The molecule has 1 aromatic carbocycles. The summed E-state index contributed by atoms with van der Waals surface area (Å²) in [5, 5.41) is 16.9. The fourth-order valence-corrected chi connectivity index (χ4v) is 4.84. The monoisotopic (exact) mass is 475 g/mol. The maximum Gasteiger partial charge on any atom is 0.250 e. The Hall–Kier alpha value is -3.61. The molecule has 1 aliphatic heterocycles. The van der Waals surface area contributed by atoms with Gasteiger partial charge in [-0.1, -0.05) is 23.3 Å². The highest BCUT2D eigenvalue weighted by atomic mass is 16.3. The SMILES string of the molecule is CC(C)=CCc1c(O)ccc2c(C[C@@H]3NC(=O)C4=C(NC3=O)C(=O)CC[C@@H]4CC=C(C)C)c[nH]c12. The molecule has 0 radical (unpaired) electrons. The molecule has 4 N–H and O–H groups in total. The predicted molar refractivity (Wildman–Crippen MR) is 136 cm³/mol. The van der Waals surface area contributed by atoms with Crippen LogP contribution in [0, 0.1) is 5.92 Å². The van der Waals surface area contributed by atoms with Crippen LogP contribution in [0.4, 0.5) is 0 Å². The fraction of sp³-hybridized carbons (Fsp3) is 0.393. The van der Waals surface area contributed by atoms with Crippen molar-refractivity contribution in [3.63, 3.8) is 0 Å². The minimum absolute atomic E-state index is 0.106. The standard InChI is InChI=1S/C28H33N3O4/c1-15(2)5-7-17-8-11-23(33)26-24(17)28(35)30-21(27(34)31-26)13-18-14-29-25-19(18)10-12-22(32)20(25)9-6-16(3)4/h5-6,10,12,14,17,21,29,32H,7-9,11,13H2,1-4H3,(H,30,35)(H,31,34)/t17-,21-/m0/s1. The number of aromatic hydroxyl groups is 1. The molecule has 2 amide bonds. The Kier molecular flexibility index (Phi) is 6.96. The summed E-state index contributed by atoms with van der Waals surface area (Å²) in [5.74, 6) is -0.834. The average molecular weight is 476 g/mol. The number of phenolic OH excluding ortho intramolecular Hbond substituents is 1. The molecule has 7 nitrogen and oxygen atoms in total. The van der Waals surface area contributed by atoms with Crippen molar-refractivity contribution in [1.29, 1.82) is 0 Å². The lowest BCUT2D eigenvalue weighted by atomic mass is 9.82. The minimum atomic E-state index is -0.820. The van der Waals surface area contributed by atoms with Crippen LogP contribution in [0.15, 0.2) is 52.9 Å². The zero-order chi connectivity index (χ0) is 25.3. The van der Waals surface area contributed by atoms with Crippen molar-refractivity contribution in [2.45, 2.75) is 65.8 Å². The summed E-state index contributed by atoms with van der Waals surface area (Å²) in [6.07, 6.45) is 8.34. The highest BCUT2D eigenvalue weighted by Gasteiger charge is 2.38. The van der Waals surface area contributed by atoms with E-state index in [1.807, 2.05) is 46.0 Å². The van der Waals surface area contributed by atoms with Gasteiger partial charge in [-0.2, -0.15) is 0 Å². The van der Waals surface area contributed by atoms with Crippen molar-refractivity contribution in [2.75, 3.05) is 0 Å². The van der Waals surface area contributed by atoms with Gasteiger partial charge in [-0.15, -0.1) is 0 Å². The molecule has 0 saturated heterocycles. The molecule has 2 aromatic rings. The second-order valence-corrected chi connectivity index (χ2v) is 9.97. The number of aromatic nitrogens is 1. The molecular formula is C28H33N3O4. The summed E-state index contributed by atoms with van der Waals surface area (Å²) in [7, 11) is 0. The number of benzene rings is 1. The number of nitrogens with one attached hydrogen (secondary N) is 3. The average Bonchev–Trinajstić information content (AvgIpc) is 3.14. The van der Waals surface area contributed by atoms with Crippen molar-refractivity contribution in [2.24, 2.45) is 5.92 Å². The van der Waals surface area contributed by atoms with E-state index >= 15 is 0 Å². The molecule has 1 aromatic heterocycles. The van der Waals surface area contributed by atoms with Crippen LogP contribution < -0.4 is 10.6 Å². The van der Waals surface area contributed by atoms with Crippen LogP contribution in [-0.4, -0.2) is 33.7 Å². The van der Waals surface area contributed by atoms with Crippen molar-refractivity contribution in [3.8, 4) is 5.75 Å². The molecule has 0 unspecified atom stereocenters. The Bertz CT molecular complexity index is 1290. The number of Topliss-reactive ketones (excluding diaryl/α,β-unsaturated/α-hetero) is 1. The molecule has 1 aliphatic carbocycles. The number of carbonyl (C=O) groups is 3. The van der Waals surface area contributed by atoms with Crippen molar-refractivity contribution in [3.05, 3.63) is 64.0 Å². The van der Waals surface area contributed by atoms with Gasteiger partial charge in [0.05, 0.1) is 11.2 Å². The van der Waals surface area contributed by atoms with Gasteiger partial charge in [0.15, 0.2) is 5.78 Å². The summed E-state index contributed by atoms with van der Waals surface area (Å²) < 4.78 is 0. The second-order valence-electron chi connectivity index (χ2n) is 9.97. The number of phenols is 1. The van der Waals surface area contributed by atoms with Crippen molar-refractivity contribution >= 4 is 28.5 Å². The van der Waals surface area contributed by atoms with E-state index in [2.05, 4.69) is 21.7 Å². The second kappa shape index (κ2) is 9.94. The molecule has 0 spiro atoms. The number of rotatable bonds is 6. The first-order valence-corrected chi connectivity index (χ1v) is 12.1. The Morgan fingerprint density at radius 1 is 1.09 bits per heavy atom. The summed E-state index contributed by atoms with van der Waals surface area (Å²) in [4.78, 5) is 42.2. The molecule has 0 fully saturated rings. The maximum atomic E-state index is 13.3. The highest BCUT2D eigenvalue weighted by molar-refractivity contribution is 6.12. The molecule has 2 aliphatic rings. The Morgan fingerprint density at radius 2 is 1.83 bits per heavy atom. The van der Waals surface area contributed by atoms with Gasteiger partial charge in [0.1, 0.15) is 11.8 Å². The molecule has 184 valence electrons. The molecule has 7 heteroatoms. The van der Waals surface area contributed by atoms with Crippen molar-refractivity contribution in [1.82, 2.24) is 15.6 Å². The topological polar surface area (TPSA) is 111 Å². The number of aromatic amines is 1. The van der Waals surface area contributed by atoms with Crippen LogP contribution >= 0.6 is 0 Å². The van der Waals surface area contributed by atoms with E-state index in [4.69, 9.17) is 0 Å². The number of carbonyl (C=O) groups excluding carboxylic acids is 3. The largest absolute Gasteiger partial charge is 0.508 e. The quantitative estimate of drug-likeness (QED) is 0.471.